The molecule has 2 N–H and O–H groups in total. The molecule has 0 saturated heterocycles. The highest BCUT2D eigenvalue weighted by molar-refractivity contribution is 5.85. The lowest BCUT2D eigenvalue weighted by atomic mass is 9.82. The fourth-order valence-electron chi connectivity index (χ4n) is 3.40. The lowest BCUT2D eigenvalue weighted by molar-refractivity contribution is -0.151. The van der Waals surface area contributed by atoms with Crippen molar-refractivity contribution in [3.05, 3.63) is 48.5 Å². The third-order valence-corrected chi connectivity index (χ3v) is 4.76. The summed E-state index contributed by atoms with van der Waals surface area (Å²) < 4.78 is 1.89. The van der Waals surface area contributed by atoms with Crippen LogP contribution in [0.2, 0.25) is 0 Å². The number of aliphatic carboxylic acids is 1. The van der Waals surface area contributed by atoms with Crippen molar-refractivity contribution in [1.29, 1.82) is 0 Å². The van der Waals surface area contributed by atoms with Gasteiger partial charge in [-0.1, -0.05) is 31.0 Å². The molecule has 0 unspecified atom stereocenters. The summed E-state index contributed by atoms with van der Waals surface area (Å²) in [5.74, 6) is -1.06. The number of hydrogen-bond acceptors (Lipinski definition) is 3. The Bertz CT molecular complexity index is 719. The van der Waals surface area contributed by atoms with Gasteiger partial charge in [0.1, 0.15) is 0 Å². The summed E-state index contributed by atoms with van der Waals surface area (Å²) in [5.41, 5.74) is 1.03. The Morgan fingerprint density at radius 3 is 2.67 bits per heavy atom. The highest BCUT2D eigenvalue weighted by Gasteiger charge is 2.42. The molecule has 1 saturated carbocycles. The summed E-state index contributed by atoms with van der Waals surface area (Å²) in [6, 6.07) is 7.74. The summed E-state index contributed by atoms with van der Waals surface area (Å²) >= 11 is 0. The van der Waals surface area contributed by atoms with E-state index in [0.29, 0.717) is 19.4 Å². The molecule has 2 aromatic rings. The van der Waals surface area contributed by atoms with Crippen molar-refractivity contribution in [2.75, 3.05) is 0 Å². The molecule has 0 bridgehead atoms. The third kappa shape index (κ3) is 3.32. The van der Waals surface area contributed by atoms with E-state index in [1.54, 1.807) is 12.5 Å². The Kier molecular flexibility index (Phi) is 4.64. The number of carbonyl (C=O) groups excluding carboxylic acids is 1. The third-order valence-electron chi connectivity index (χ3n) is 4.76. The highest BCUT2D eigenvalue weighted by Crippen LogP contribution is 2.41. The second kappa shape index (κ2) is 6.86. The van der Waals surface area contributed by atoms with Gasteiger partial charge in [-0.25, -0.2) is 4.98 Å². The van der Waals surface area contributed by atoms with E-state index in [-0.39, 0.29) is 12.3 Å². The Morgan fingerprint density at radius 1 is 1.25 bits per heavy atom. The molecule has 24 heavy (non-hydrogen) atoms. The molecule has 1 aromatic heterocycles. The summed E-state index contributed by atoms with van der Waals surface area (Å²) in [6.07, 6.45) is 8.23. The zero-order chi connectivity index (χ0) is 17.0. The molecule has 1 aliphatic rings. The van der Waals surface area contributed by atoms with Crippen molar-refractivity contribution < 1.29 is 14.7 Å². The first kappa shape index (κ1) is 16.2. The van der Waals surface area contributed by atoms with E-state index < -0.39 is 11.4 Å². The first-order valence-corrected chi connectivity index (χ1v) is 8.17. The largest absolute Gasteiger partial charge is 0.481 e. The van der Waals surface area contributed by atoms with E-state index >= 15 is 0 Å². The van der Waals surface area contributed by atoms with E-state index in [0.717, 1.165) is 24.1 Å². The van der Waals surface area contributed by atoms with Gasteiger partial charge in [-0.15, -0.1) is 0 Å². The number of carboxylic acids is 1. The van der Waals surface area contributed by atoms with Crippen LogP contribution >= 0.6 is 0 Å². The Balaban J connectivity index is 1.66. The number of hydrogen-bond donors (Lipinski definition) is 2. The minimum absolute atomic E-state index is 0.0512. The maximum atomic E-state index is 12.3. The second-order valence-corrected chi connectivity index (χ2v) is 6.34. The smallest absolute Gasteiger partial charge is 0.310 e. The zero-order valence-electron chi connectivity index (χ0n) is 13.4. The number of benzene rings is 1. The number of nitrogens with zero attached hydrogens (tertiary/aromatic N) is 2. The molecule has 1 fully saturated rings. The van der Waals surface area contributed by atoms with E-state index in [9.17, 15) is 14.7 Å². The molecule has 6 heteroatoms. The summed E-state index contributed by atoms with van der Waals surface area (Å²) in [4.78, 5) is 27.9. The van der Waals surface area contributed by atoms with Gasteiger partial charge >= 0.3 is 5.97 Å². The van der Waals surface area contributed by atoms with Crippen LogP contribution in [0.5, 0.6) is 0 Å². The molecule has 6 nitrogen and oxygen atoms in total. The van der Waals surface area contributed by atoms with E-state index in [1.807, 2.05) is 35.0 Å². The van der Waals surface area contributed by atoms with Gasteiger partial charge in [0.05, 0.1) is 17.4 Å². The lowest BCUT2D eigenvalue weighted by Crippen LogP contribution is -2.35. The van der Waals surface area contributed by atoms with Gasteiger partial charge in [0.2, 0.25) is 5.91 Å². The molecular weight excluding hydrogens is 306 g/mol. The SMILES string of the molecule is O=C(CC1(C(=O)O)CCCC1)NCc1ccccc1-n1ccnc1. The zero-order valence-corrected chi connectivity index (χ0v) is 13.4. The molecule has 0 atom stereocenters. The van der Waals surface area contributed by atoms with Crippen LogP contribution in [-0.4, -0.2) is 26.5 Å². The fraction of sp³-hybridized carbons (Fsp3) is 0.389. The maximum absolute atomic E-state index is 12.3. The molecule has 1 aliphatic carbocycles. The fourth-order valence-corrected chi connectivity index (χ4v) is 3.40. The standard InChI is InChI=1S/C18H21N3O3/c22-16(11-18(17(23)24)7-3-4-8-18)20-12-14-5-1-2-6-15(14)21-10-9-19-13-21/h1-2,5-6,9-10,13H,3-4,7-8,11-12H2,(H,20,22)(H,23,24). The van der Waals surface area contributed by atoms with Gasteiger partial charge < -0.3 is 15.0 Å². The monoisotopic (exact) mass is 327 g/mol. The van der Waals surface area contributed by atoms with Crippen molar-refractivity contribution in [2.45, 2.75) is 38.6 Å². The molecule has 1 heterocycles. The van der Waals surface area contributed by atoms with Gasteiger partial charge in [-0.2, -0.15) is 0 Å². The molecule has 0 aliphatic heterocycles. The summed E-state index contributed by atoms with van der Waals surface area (Å²) in [7, 11) is 0. The van der Waals surface area contributed by atoms with Crippen LogP contribution in [0, 0.1) is 5.41 Å². The Hall–Kier alpha value is -2.63. The van der Waals surface area contributed by atoms with E-state index in [4.69, 9.17) is 0 Å². The molecule has 1 amide bonds. The van der Waals surface area contributed by atoms with Crippen LogP contribution in [-0.2, 0) is 16.1 Å². The number of carboxylic acid groups (broad SMARTS) is 1. The number of para-hydroxylation sites is 1. The maximum Gasteiger partial charge on any atom is 0.310 e. The second-order valence-electron chi connectivity index (χ2n) is 6.34. The lowest BCUT2D eigenvalue weighted by Gasteiger charge is -2.23. The average Bonchev–Trinajstić information content (AvgIpc) is 3.25. The van der Waals surface area contributed by atoms with Crippen molar-refractivity contribution in [2.24, 2.45) is 5.41 Å². The minimum Gasteiger partial charge on any atom is -0.481 e. The number of carbonyl (C=O) groups is 2. The molecule has 0 radical (unpaired) electrons. The van der Waals surface area contributed by atoms with Crippen LogP contribution in [0.25, 0.3) is 5.69 Å². The van der Waals surface area contributed by atoms with Gasteiger partial charge in [-0.05, 0) is 24.5 Å². The van der Waals surface area contributed by atoms with Gasteiger partial charge in [0.15, 0.2) is 0 Å². The molecule has 1 aromatic carbocycles. The van der Waals surface area contributed by atoms with Crippen molar-refractivity contribution in [3.63, 3.8) is 0 Å². The van der Waals surface area contributed by atoms with E-state index in [1.165, 1.54) is 0 Å². The van der Waals surface area contributed by atoms with Crippen molar-refractivity contribution >= 4 is 11.9 Å². The number of imidazole rings is 1. The highest BCUT2D eigenvalue weighted by atomic mass is 16.4. The van der Waals surface area contributed by atoms with Crippen molar-refractivity contribution in [1.82, 2.24) is 14.9 Å². The predicted octanol–water partition coefficient (Wildman–Crippen LogP) is 2.52. The van der Waals surface area contributed by atoms with E-state index in [2.05, 4.69) is 10.3 Å². The van der Waals surface area contributed by atoms with Crippen LogP contribution in [0.3, 0.4) is 0 Å². The molecule has 126 valence electrons. The van der Waals surface area contributed by atoms with Crippen LogP contribution in [0.15, 0.2) is 43.0 Å². The first-order valence-electron chi connectivity index (χ1n) is 8.17. The Morgan fingerprint density at radius 2 is 2.00 bits per heavy atom. The first-order chi connectivity index (χ1) is 11.6. The Labute approximate surface area is 140 Å². The van der Waals surface area contributed by atoms with Crippen LogP contribution in [0.4, 0.5) is 0 Å². The summed E-state index contributed by atoms with van der Waals surface area (Å²) in [5, 5.41) is 12.3. The van der Waals surface area contributed by atoms with Crippen LogP contribution < -0.4 is 5.32 Å². The summed E-state index contributed by atoms with van der Waals surface area (Å²) in [6.45, 7) is 0.364. The number of aromatic nitrogens is 2. The minimum atomic E-state index is -0.881. The normalized spacial score (nSPS) is 16.0. The van der Waals surface area contributed by atoms with Gasteiger partial charge in [-0.3, -0.25) is 9.59 Å². The number of rotatable bonds is 6. The predicted molar refractivity (Wildman–Crippen MR) is 88.6 cm³/mol. The van der Waals surface area contributed by atoms with Crippen LogP contribution in [0.1, 0.15) is 37.7 Å². The van der Waals surface area contributed by atoms with Gasteiger partial charge in [0.25, 0.3) is 0 Å². The topological polar surface area (TPSA) is 84.2 Å². The average molecular weight is 327 g/mol. The van der Waals surface area contributed by atoms with Crippen molar-refractivity contribution in [3.8, 4) is 5.69 Å². The molecule has 0 spiro atoms. The molecule has 3 rings (SSSR count). The quantitative estimate of drug-likeness (QED) is 0.854. The molecular formula is C18H21N3O3. The van der Waals surface area contributed by atoms with Gasteiger partial charge in [0, 0.05) is 25.4 Å². The number of nitrogens with one attached hydrogen (secondary N) is 1. The number of amides is 1.